The van der Waals surface area contributed by atoms with Crippen molar-refractivity contribution in [1.82, 2.24) is 29.7 Å². The molecule has 2 fully saturated rings. The average Bonchev–Trinajstić information content (AvgIpc) is 3.14. The van der Waals surface area contributed by atoms with Crippen LogP contribution in [0.2, 0.25) is 0 Å². The summed E-state index contributed by atoms with van der Waals surface area (Å²) in [5.74, 6) is 0.240. The Morgan fingerprint density at radius 2 is 2.08 bits per heavy atom. The van der Waals surface area contributed by atoms with E-state index in [2.05, 4.69) is 24.8 Å². The molecule has 2 aromatic heterocycles. The Labute approximate surface area is 153 Å². The van der Waals surface area contributed by atoms with Crippen molar-refractivity contribution < 1.29 is 4.79 Å². The molecule has 1 atom stereocenters. The van der Waals surface area contributed by atoms with Gasteiger partial charge in [-0.25, -0.2) is 4.98 Å². The van der Waals surface area contributed by atoms with E-state index in [1.807, 2.05) is 18.0 Å². The van der Waals surface area contributed by atoms with Gasteiger partial charge in [0.2, 0.25) is 5.91 Å². The van der Waals surface area contributed by atoms with E-state index in [1.54, 1.807) is 18.7 Å². The van der Waals surface area contributed by atoms with Crippen LogP contribution in [-0.2, 0) is 17.9 Å². The molecule has 1 amide bonds. The summed E-state index contributed by atoms with van der Waals surface area (Å²) in [4.78, 5) is 33.0. The van der Waals surface area contributed by atoms with Gasteiger partial charge in [0.05, 0.1) is 30.5 Å². The van der Waals surface area contributed by atoms with E-state index in [1.165, 1.54) is 12.8 Å². The second-order valence-corrected chi connectivity index (χ2v) is 7.79. The minimum atomic E-state index is 0.199. The van der Waals surface area contributed by atoms with Gasteiger partial charge in [0.25, 0.3) is 0 Å². The number of aryl methyl sites for hydroxylation is 1. The van der Waals surface area contributed by atoms with Crippen molar-refractivity contribution in [3.8, 4) is 0 Å². The highest BCUT2D eigenvalue weighted by Gasteiger charge is 2.41. The first-order valence-corrected chi connectivity index (χ1v) is 9.37. The Balaban J connectivity index is 1.44. The van der Waals surface area contributed by atoms with Crippen molar-refractivity contribution in [2.75, 3.05) is 19.6 Å². The number of amides is 1. The number of carbonyl (C=O) groups excluding carboxylic acids is 1. The van der Waals surface area contributed by atoms with Crippen LogP contribution in [0.3, 0.4) is 0 Å². The van der Waals surface area contributed by atoms with Crippen molar-refractivity contribution in [2.24, 2.45) is 5.41 Å². The molecule has 138 valence electrons. The number of imidazole rings is 1. The van der Waals surface area contributed by atoms with Gasteiger partial charge in [-0.1, -0.05) is 0 Å². The van der Waals surface area contributed by atoms with Crippen LogP contribution in [-0.4, -0.2) is 55.3 Å². The number of likely N-dealkylation sites (tertiary alicyclic amines) is 2. The van der Waals surface area contributed by atoms with Crippen molar-refractivity contribution in [1.29, 1.82) is 0 Å². The van der Waals surface area contributed by atoms with E-state index < -0.39 is 0 Å². The molecule has 0 bridgehead atoms. The predicted molar refractivity (Wildman–Crippen MR) is 97.0 cm³/mol. The molecule has 7 nitrogen and oxygen atoms in total. The predicted octanol–water partition coefficient (Wildman–Crippen LogP) is 1.91. The monoisotopic (exact) mass is 354 g/mol. The maximum absolute atomic E-state index is 12.5. The van der Waals surface area contributed by atoms with Crippen LogP contribution in [0, 0.1) is 12.3 Å². The number of piperidine rings is 2. The zero-order valence-electron chi connectivity index (χ0n) is 15.3. The molecule has 0 aromatic carbocycles. The zero-order chi connectivity index (χ0) is 18.0. The minimum Gasteiger partial charge on any atom is -0.347 e. The van der Waals surface area contributed by atoms with Crippen LogP contribution in [0.5, 0.6) is 0 Å². The molecule has 26 heavy (non-hydrogen) atoms. The first kappa shape index (κ1) is 17.1. The summed E-state index contributed by atoms with van der Waals surface area (Å²) in [5.41, 5.74) is 3.12. The molecule has 2 aromatic rings. The van der Waals surface area contributed by atoms with Crippen molar-refractivity contribution in [3.63, 3.8) is 0 Å². The third kappa shape index (κ3) is 3.77. The van der Waals surface area contributed by atoms with Crippen molar-refractivity contribution in [2.45, 2.75) is 45.7 Å². The molecule has 0 aliphatic carbocycles. The Hall–Kier alpha value is -2.28. The Morgan fingerprint density at radius 1 is 1.15 bits per heavy atom. The van der Waals surface area contributed by atoms with E-state index in [4.69, 9.17) is 0 Å². The van der Waals surface area contributed by atoms with Gasteiger partial charge in [0.15, 0.2) is 0 Å². The Kier molecular flexibility index (Phi) is 4.72. The summed E-state index contributed by atoms with van der Waals surface area (Å²) in [6.07, 6.45) is 11.2. The lowest BCUT2D eigenvalue weighted by molar-refractivity contribution is -0.140. The highest BCUT2D eigenvalue weighted by Crippen LogP contribution is 2.39. The summed E-state index contributed by atoms with van der Waals surface area (Å²) in [6.45, 7) is 6.36. The molecule has 0 saturated carbocycles. The third-order valence-electron chi connectivity index (χ3n) is 5.62. The van der Waals surface area contributed by atoms with Crippen molar-refractivity contribution in [3.05, 3.63) is 42.0 Å². The lowest BCUT2D eigenvalue weighted by Crippen LogP contribution is -2.53. The van der Waals surface area contributed by atoms with Gasteiger partial charge >= 0.3 is 0 Å². The quantitative estimate of drug-likeness (QED) is 0.907. The molecule has 2 saturated heterocycles. The van der Waals surface area contributed by atoms with Crippen LogP contribution in [0.25, 0.3) is 0 Å². The topological polar surface area (TPSA) is 78.0 Å². The minimum absolute atomic E-state index is 0.199. The van der Waals surface area contributed by atoms with Gasteiger partial charge in [0, 0.05) is 49.6 Å². The number of nitrogens with zero attached hydrogens (tertiary/aromatic N) is 5. The lowest BCUT2D eigenvalue weighted by atomic mass is 9.73. The first-order valence-electron chi connectivity index (χ1n) is 9.37. The maximum atomic E-state index is 12.5. The summed E-state index contributed by atoms with van der Waals surface area (Å²) < 4.78 is 0. The number of hydrogen-bond acceptors (Lipinski definition) is 5. The van der Waals surface area contributed by atoms with Crippen LogP contribution >= 0.6 is 0 Å². The van der Waals surface area contributed by atoms with E-state index in [-0.39, 0.29) is 11.3 Å². The summed E-state index contributed by atoms with van der Waals surface area (Å²) in [6, 6.07) is 0. The number of aromatic amines is 1. The summed E-state index contributed by atoms with van der Waals surface area (Å²) >= 11 is 0. The second-order valence-electron chi connectivity index (χ2n) is 7.79. The second kappa shape index (κ2) is 7.15. The number of carbonyl (C=O) groups is 1. The van der Waals surface area contributed by atoms with E-state index in [0.717, 1.165) is 49.7 Å². The fourth-order valence-electron chi connectivity index (χ4n) is 4.33. The molecule has 2 aliphatic heterocycles. The van der Waals surface area contributed by atoms with Crippen LogP contribution in [0.1, 0.15) is 42.8 Å². The Morgan fingerprint density at radius 3 is 2.85 bits per heavy atom. The maximum Gasteiger partial charge on any atom is 0.222 e. The van der Waals surface area contributed by atoms with Crippen molar-refractivity contribution >= 4 is 5.91 Å². The molecule has 0 unspecified atom stereocenters. The molecule has 0 radical (unpaired) electrons. The fraction of sp³-hybridized carbons (Fsp3) is 0.579. The SMILES string of the molecule is Cc1cnc(CN2C[C@@]3(CCCN(Cc4cnc[nH]4)C3)CCC2=O)cn1. The van der Waals surface area contributed by atoms with Gasteiger partial charge in [-0.3, -0.25) is 19.7 Å². The van der Waals surface area contributed by atoms with Gasteiger partial charge in [-0.15, -0.1) is 0 Å². The smallest absolute Gasteiger partial charge is 0.222 e. The summed E-state index contributed by atoms with van der Waals surface area (Å²) in [5, 5.41) is 0. The number of aromatic nitrogens is 4. The number of rotatable bonds is 4. The van der Waals surface area contributed by atoms with Crippen LogP contribution in [0.4, 0.5) is 0 Å². The lowest BCUT2D eigenvalue weighted by Gasteiger charge is -2.48. The van der Waals surface area contributed by atoms with Gasteiger partial charge in [-0.2, -0.15) is 0 Å². The van der Waals surface area contributed by atoms with Crippen LogP contribution < -0.4 is 0 Å². The highest BCUT2D eigenvalue weighted by molar-refractivity contribution is 5.77. The largest absolute Gasteiger partial charge is 0.347 e. The van der Waals surface area contributed by atoms with E-state index in [0.29, 0.717) is 13.0 Å². The van der Waals surface area contributed by atoms with Gasteiger partial charge in [-0.05, 0) is 32.7 Å². The molecule has 4 rings (SSSR count). The van der Waals surface area contributed by atoms with Gasteiger partial charge in [0.1, 0.15) is 0 Å². The third-order valence-corrected chi connectivity index (χ3v) is 5.62. The molecular weight excluding hydrogens is 328 g/mol. The standard InChI is InChI=1S/C19H26N6O/c1-15-7-22-17(9-21-15)11-25-13-19(5-3-18(25)26)4-2-6-24(12-19)10-16-8-20-14-23-16/h7-9,14H,2-6,10-13H2,1H3,(H,20,23)/t19-/m0/s1. The fourth-order valence-corrected chi connectivity index (χ4v) is 4.33. The zero-order valence-corrected chi connectivity index (χ0v) is 15.3. The summed E-state index contributed by atoms with van der Waals surface area (Å²) in [7, 11) is 0. The van der Waals surface area contributed by atoms with E-state index in [9.17, 15) is 4.79 Å². The number of H-pyrrole nitrogens is 1. The molecule has 7 heteroatoms. The molecule has 1 spiro atoms. The van der Waals surface area contributed by atoms with E-state index >= 15 is 0 Å². The van der Waals surface area contributed by atoms with Crippen LogP contribution in [0.15, 0.2) is 24.9 Å². The molecule has 1 N–H and O–H groups in total. The molecule has 2 aliphatic rings. The highest BCUT2D eigenvalue weighted by atomic mass is 16.2. The molecular formula is C19H26N6O. The Bertz CT molecular complexity index is 744. The first-order chi connectivity index (χ1) is 12.6. The van der Waals surface area contributed by atoms with Gasteiger partial charge < -0.3 is 9.88 Å². The normalized spacial score (nSPS) is 24.3. The molecule has 4 heterocycles. The number of nitrogens with one attached hydrogen (secondary N) is 1. The number of hydrogen-bond donors (Lipinski definition) is 1. The average molecular weight is 354 g/mol.